The molecule has 1 heterocycles. The van der Waals surface area contributed by atoms with Gasteiger partial charge in [-0.2, -0.15) is 0 Å². The van der Waals surface area contributed by atoms with E-state index in [1.807, 2.05) is 48.7 Å². The lowest BCUT2D eigenvalue weighted by Crippen LogP contribution is -2.22. The fraction of sp³-hybridized carbons (Fsp3) is 0.222. The Morgan fingerprint density at radius 2 is 1.72 bits per heavy atom. The summed E-state index contributed by atoms with van der Waals surface area (Å²) in [6.45, 7) is 1.65. The molecule has 0 spiro atoms. The van der Waals surface area contributed by atoms with Gasteiger partial charge in [-0.1, -0.05) is 49.4 Å². The van der Waals surface area contributed by atoms with Crippen LogP contribution in [0.3, 0.4) is 0 Å². The average Bonchev–Trinajstić information content (AvgIpc) is 3.50. The summed E-state index contributed by atoms with van der Waals surface area (Å²) in [5.74, 6) is 0.344. The van der Waals surface area contributed by atoms with Crippen LogP contribution < -0.4 is 0 Å². The normalized spacial score (nSPS) is 15.0. The number of sulfone groups is 1. The Bertz CT molecular complexity index is 1410. The van der Waals surface area contributed by atoms with Crippen molar-refractivity contribution in [1.82, 2.24) is 4.98 Å². The molecule has 0 amide bonds. The highest BCUT2D eigenvalue weighted by molar-refractivity contribution is 7.91. The summed E-state index contributed by atoms with van der Waals surface area (Å²) in [7, 11) is -3.21. The van der Waals surface area contributed by atoms with Crippen molar-refractivity contribution in [2.24, 2.45) is 0 Å². The van der Waals surface area contributed by atoms with Crippen LogP contribution in [0.2, 0.25) is 0 Å². The summed E-state index contributed by atoms with van der Waals surface area (Å²) in [5, 5.41) is 1.14. The molecule has 1 aliphatic rings. The van der Waals surface area contributed by atoms with Crippen LogP contribution in [0.15, 0.2) is 83.9 Å². The minimum atomic E-state index is -3.21. The van der Waals surface area contributed by atoms with E-state index in [0.29, 0.717) is 11.3 Å². The molecule has 0 aliphatic heterocycles. The van der Waals surface area contributed by atoms with Gasteiger partial charge in [0.2, 0.25) is 0 Å². The number of aromatic nitrogens is 1. The van der Waals surface area contributed by atoms with Gasteiger partial charge in [0.15, 0.2) is 9.84 Å². The minimum absolute atomic E-state index is 0.0860. The van der Waals surface area contributed by atoms with Crippen molar-refractivity contribution >= 4 is 26.5 Å². The van der Waals surface area contributed by atoms with Crippen molar-refractivity contribution in [2.75, 3.05) is 5.75 Å². The van der Waals surface area contributed by atoms with Gasteiger partial charge in [0.1, 0.15) is 5.78 Å². The van der Waals surface area contributed by atoms with Gasteiger partial charge in [-0.15, -0.1) is 0 Å². The first-order valence-corrected chi connectivity index (χ1v) is 12.6. The second-order valence-electron chi connectivity index (χ2n) is 8.59. The smallest absolute Gasteiger partial charge is 0.178 e. The van der Waals surface area contributed by atoms with Gasteiger partial charge in [0.05, 0.1) is 16.1 Å². The van der Waals surface area contributed by atoms with E-state index in [-0.39, 0.29) is 17.0 Å². The molecule has 0 radical (unpaired) electrons. The maximum atomic E-state index is 13.3. The number of ketones is 1. The van der Waals surface area contributed by atoms with Crippen LogP contribution in [0, 0.1) is 0 Å². The highest BCUT2D eigenvalue weighted by Crippen LogP contribution is 2.50. The molecule has 5 rings (SSSR count). The van der Waals surface area contributed by atoms with Crippen molar-refractivity contribution < 1.29 is 13.2 Å². The number of carbonyl (C=O) groups excluding carboxylic acids is 1. The number of rotatable bonds is 7. The van der Waals surface area contributed by atoms with Crippen molar-refractivity contribution in [1.29, 1.82) is 0 Å². The Morgan fingerprint density at radius 1 is 0.938 bits per heavy atom. The zero-order valence-corrected chi connectivity index (χ0v) is 18.8. The number of aromatic amines is 1. The lowest BCUT2D eigenvalue weighted by molar-refractivity contribution is -0.120. The molecule has 1 N–H and O–H groups in total. The largest absolute Gasteiger partial charge is 0.361 e. The van der Waals surface area contributed by atoms with E-state index in [9.17, 15) is 13.2 Å². The van der Waals surface area contributed by atoms with Crippen molar-refractivity contribution in [3.8, 4) is 11.1 Å². The lowest BCUT2D eigenvalue weighted by atomic mass is 9.87. The van der Waals surface area contributed by atoms with E-state index >= 15 is 0 Å². The molecular weight excluding hydrogens is 418 g/mol. The van der Waals surface area contributed by atoms with Gasteiger partial charge in [-0.3, -0.25) is 4.79 Å². The first-order chi connectivity index (χ1) is 15.4. The van der Waals surface area contributed by atoms with E-state index in [1.54, 1.807) is 19.1 Å². The second-order valence-corrected chi connectivity index (χ2v) is 10.9. The van der Waals surface area contributed by atoms with E-state index in [4.69, 9.17) is 0 Å². The van der Waals surface area contributed by atoms with Crippen molar-refractivity contribution in [3.05, 3.63) is 90.1 Å². The number of benzene rings is 3. The highest BCUT2D eigenvalue weighted by atomic mass is 32.2. The third kappa shape index (κ3) is 3.67. The number of H-pyrrole nitrogens is 1. The molecule has 0 unspecified atom stereocenters. The number of hydrogen-bond acceptors (Lipinski definition) is 3. The number of fused-ring (bicyclic) bond motifs is 1. The summed E-state index contributed by atoms with van der Waals surface area (Å²) >= 11 is 0. The first kappa shape index (κ1) is 20.7. The third-order valence-electron chi connectivity index (χ3n) is 6.61. The van der Waals surface area contributed by atoms with Crippen LogP contribution in [0.4, 0.5) is 0 Å². The highest BCUT2D eigenvalue weighted by Gasteiger charge is 2.50. The molecule has 0 atom stereocenters. The summed E-state index contributed by atoms with van der Waals surface area (Å²) in [4.78, 5) is 16.9. The van der Waals surface area contributed by atoms with Crippen molar-refractivity contribution in [2.45, 2.75) is 36.5 Å². The molecular formula is C27H25NO3S. The molecule has 3 aromatic carbocycles. The molecule has 0 bridgehead atoms. The zero-order valence-electron chi connectivity index (χ0n) is 18.0. The van der Waals surface area contributed by atoms with Gasteiger partial charge in [-0.25, -0.2) is 8.42 Å². The monoisotopic (exact) mass is 443 g/mol. The number of Topliss-reactive ketones (excluding diaryl/α,β-unsaturated/α-hetero) is 1. The quantitative estimate of drug-likeness (QED) is 0.412. The Kier molecular flexibility index (Phi) is 5.01. The standard InChI is InChI=1S/C27H25NO3S/c1-2-32(30,31)24-9-6-20(7-10-24)21-5-3-4-19(16-21)17-26(29)27(13-14-27)23-8-11-25-22(18-23)12-15-28-25/h3-12,15-16,18,28H,2,13-14,17H2,1H3. The van der Waals surface area contributed by atoms with Gasteiger partial charge in [-0.05, 0) is 70.8 Å². The Labute approximate surface area is 188 Å². The SMILES string of the molecule is CCS(=O)(=O)c1ccc(-c2cccc(CC(=O)C3(c4ccc5[nH]ccc5c4)CC3)c2)cc1. The molecule has 4 nitrogen and oxygen atoms in total. The minimum Gasteiger partial charge on any atom is -0.361 e. The first-order valence-electron chi connectivity index (χ1n) is 10.9. The third-order valence-corrected chi connectivity index (χ3v) is 8.36. The lowest BCUT2D eigenvalue weighted by Gasteiger charge is -2.15. The second kappa shape index (κ2) is 7.75. The summed E-state index contributed by atoms with van der Waals surface area (Å²) in [6.07, 6.45) is 4.11. The average molecular weight is 444 g/mol. The zero-order chi connectivity index (χ0) is 22.3. The van der Waals surface area contributed by atoms with Crippen LogP contribution in [0.1, 0.15) is 30.9 Å². The number of nitrogens with one attached hydrogen (secondary N) is 1. The van der Waals surface area contributed by atoms with E-state index < -0.39 is 9.84 Å². The van der Waals surface area contributed by atoms with E-state index in [1.165, 1.54) is 0 Å². The van der Waals surface area contributed by atoms with Gasteiger partial charge >= 0.3 is 0 Å². The predicted molar refractivity (Wildman–Crippen MR) is 128 cm³/mol. The number of carbonyl (C=O) groups is 1. The van der Waals surface area contributed by atoms with Gasteiger partial charge < -0.3 is 4.98 Å². The summed E-state index contributed by atoms with van der Waals surface area (Å²) in [6, 6.07) is 23.3. The Hall–Kier alpha value is -3.18. The molecule has 0 saturated heterocycles. The van der Waals surface area contributed by atoms with Crippen LogP contribution >= 0.6 is 0 Å². The molecule has 5 heteroatoms. The molecule has 32 heavy (non-hydrogen) atoms. The van der Waals surface area contributed by atoms with Crippen LogP contribution in [-0.2, 0) is 26.5 Å². The molecule has 1 fully saturated rings. The molecule has 4 aromatic rings. The maximum Gasteiger partial charge on any atom is 0.178 e. The summed E-state index contributed by atoms with van der Waals surface area (Å²) in [5.41, 5.74) is 4.73. The Morgan fingerprint density at radius 3 is 2.44 bits per heavy atom. The molecule has 1 aromatic heterocycles. The van der Waals surface area contributed by atoms with Crippen molar-refractivity contribution in [3.63, 3.8) is 0 Å². The topological polar surface area (TPSA) is 67.0 Å². The van der Waals surface area contributed by atoms with Gasteiger partial charge in [0, 0.05) is 18.1 Å². The van der Waals surface area contributed by atoms with E-state index in [2.05, 4.69) is 23.2 Å². The van der Waals surface area contributed by atoms with E-state index in [0.717, 1.165) is 46.0 Å². The Balaban J connectivity index is 1.37. The molecule has 162 valence electrons. The predicted octanol–water partition coefficient (Wildman–Crippen LogP) is 5.47. The summed E-state index contributed by atoms with van der Waals surface area (Å²) < 4.78 is 24.1. The van der Waals surface area contributed by atoms with Gasteiger partial charge in [0.25, 0.3) is 0 Å². The van der Waals surface area contributed by atoms with Crippen LogP contribution in [-0.4, -0.2) is 24.9 Å². The molecule has 1 saturated carbocycles. The fourth-order valence-corrected chi connectivity index (χ4v) is 5.33. The maximum absolute atomic E-state index is 13.3. The molecule has 1 aliphatic carbocycles. The fourth-order valence-electron chi connectivity index (χ4n) is 4.44. The van der Waals surface area contributed by atoms with Crippen LogP contribution in [0.5, 0.6) is 0 Å². The number of hydrogen-bond donors (Lipinski definition) is 1. The van der Waals surface area contributed by atoms with Crippen LogP contribution in [0.25, 0.3) is 22.0 Å².